The number of carbonyl (C=O) groups excluding carboxylic acids is 1. The molecular formula is C22H36O2S. The largest absolute Gasteiger partial charge is 0.458 e. The standard InChI is InChI=1S/C22H36O2S/c1-21(18-12-16-11-17(14-18)15-19(21)13-16)24-20(23)22(7-3-4-8-22)25-9-5-2-6-10-25/h16-19,25H,2-15H2,1H3. The second-order valence-corrected chi connectivity index (χ2v) is 13.0. The van der Waals surface area contributed by atoms with E-state index >= 15 is 0 Å². The van der Waals surface area contributed by atoms with Crippen molar-refractivity contribution in [3.63, 3.8) is 0 Å². The van der Waals surface area contributed by atoms with E-state index in [1.54, 1.807) is 0 Å². The van der Waals surface area contributed by atoms with Crippen molar-refractivity contribution in [2.75, 3.05) is 11.5 Å². The molecule has 1 aliphatic heterocycles. The Morgan fingerprint density at radius 3 is 1.96 bits per heavy atom. The lowest BCUT2D eigenvalue weighted by molar-refractivity contribution is -0.205. The van der Waals surface area contributed by atoms with Gasteiger partial charge in [-0.3, -0.25) is 4.79 Å². The number of esters is 1. The van der Waals surface area contributed by atoms with Crippen molar-refractivity contribution in [1.82, 2.24) is 0 Å². The van der Waals surface area contributed by atoms with E-state index in [4.69, 9.17) is 4.74 Å². The average molecular weight is 365 g/mol. The summed E-state index contributed by atoms with van der Waals surface area (Å²) in [6.45, 7) is 2.33. The molecule has 0 amide bonds. The predicted molar refractivity (Wildman–Crippen MR) is 105 cm³/mol. The highest BCUT2D eigenvalue weighted by atomic mass is 32.2. The zero-order valence-corrected chi connectivity index (χ0v) is 16.9. The molecule has 1 saturated heterocycles. The minimum absolute atomic E-state index is 0.0482. The van der Waals surface area contributed by atoms with Gasteiger partial charge in [-0.15, -0.1) is 0 Å². The Labute approximate surface area is 156 Å². The van der Waals surface area contributed by atoms with Gasteiger partial charge < -0.3 is 4.74 Å². The molecule has 142 valence electrons. The van der Waals surface area contributed by atoms with Gasteiger partial charge in [-0.25, -0.2) is 10.9 Å². The Morgan fingerprint density at radius 2 is 1.40 bits per heavy atom. The first-order chi connectivity index (χ1) is 12.1. The minimum atomic E-state index is -0.135. The van der Waals surface area contributed by atoms with Crippen LogP contribution in [0.2, 0.25) is 0 Å². The Bertz CT molecular complexity index is 502. The monoisotopic (exact) mass is 364 g/mol. The van der Waals surface area contributed by atoms with E-state index in [-0.39, 0.29) is 27.2 Å². The maximum atomic E-state index is 13.7. The van der Waals surface area contributed by atoms with Crippen LogP contribution in [0.4, 0.5) is 0 Å². The van der Waals surface area contributed by atoms with Crippen molar-refractivity contribution < 1.29 is 9.53 Å². The third kappa shape index (κ3) is 2.62. The van der Waals surface area contributed by atoms with E-state index in [2.05, 4.69) is 6.92 Å². The normalized spacial score (nSPS) is 46.4. The van der Waals surface area contributed by atoms with E-state index in [1.165, 1.54) is 75.7 Å². The van der Waals surface area contributed by atoms with Crippen molar-refractivity contribution in [2.24, 2.45) is 23.7 Å². The number of thiol groups is 1. The molecule has 0 unspecified atom stereocenters. The molecule has 0 aromatic rings. The van der Waals surface area contributed by atoms with Gasteiger partial charge in [0.1, 0.15) is 5.60 Å². The Morgan fingerprint density at radius 1 is 0.840 bits per heavy atom. The molecular weight excluding hydrogens is 328 g/mol. The van der Waals surface area contributed by atoms with Crippen molar-refractivity contribution in [3.8, 4) is 0 Å². The summed E-state index contributed by atoms with van der Waals surface area (Å²) in [6, 6.07) is 0. The fourth-order valence-corrected chi connectivity index (χ4v) is 11.1. The highest BCUT2D eigenvalue weighted by molar-refractivity contribution is 8.18. The highest BCUT2D eigenvalue weighted by Crippen LogP contribution is 2.61. The summed E-state index contributed by atoms with van der Waals surface area (Å²) in [4.78, 5) is 13.7. The van der Waals surface area contributed by atoms with Gasteiger partial charge in [-0.05, 0) is 99.9 Å². The second kappa shape index (κ2) is 6.17. The van der Waals surface area contributed by atoms with Crippen LogP contribution in [0.15, 0.2) is 0 Å². The molecule has 4 bridgehead atoms. The molecule has 0 atom stereocenters. The molecule has 6 fully saturated rings. The van der Waals surface area contributed by atoms with Crippen molar-refractivity contribution in [1.29, 1.82) is 0 Å². The molecule has 0 radical (unpaired) electrons. The van der Waals surface area contributed by atoms with Gasteiger partial charge in [0.15, 0.2) is 0 Å². The van der Waals surface area contributed by atoms with Crippen LogP contribution in [0, 0.1) is 23.7 Å². The Hall–Kier alpha value is -0.180. The van der Waals surface area contributed by atoms with Gasteiger partial charge >= 0.3 is 5.97 Å². The van der Waals surface area contributed by atoms with Crippen LogP contribution in [0.3, 0.4) is 0 Å². The smallest absolute Gasteiger partial charge is 0.321 e. The maximum Gasteiger partial charge on any atom is 0.321 e. The van der Waals surface area contributed by atoms with Crippen LogP contribution in [-0.4, -0.2) is 27.8 Å². The van der Waals surface area contributed by atoms with E-state index in [0.717, 1.165) is 24.7 Å². The molecule has 6 rings (SSSR count). The van der Waals surface area contributed by atoms with Gasteiger partial charge in [0.25, 0.3) is 0 Å². The Balaban J connectivity index is 1.38. The molecule has 0 spiro atoms. The van der Waals surface area contributed by atoms with Gasteiger partial charge in [-0.2, -0.15) is 0 Å². The molecule has 5 saturated carbocycles. The fourth-order valence-electron chi connectivity index (χ4n) is 7.51. The lowest BCUT2D eigenvalue weighted by Crippen LogP contribution is -2.59. The Kier molecular flexibility index (Phi) is 4.19. The molecule has 6 aliphatic rings. The first-order valence-electron chi connectivity index (χ1n) is 11.1. The second-order valence-electron chi connectivity index (χ2n) is 10.2. The molecule has 0 N–H and O–H groups in total. The number of ether oxygens (including phenoxy) is 1. The topological polar surface area (TPSA) is 26.3 Å². The highest BCUT2D eigenvalue weighted by Gasteiger charge is 2.59. The third-order valence-electron chi connectivity index (χ3n) is 8.84. The average Bonchev–Trinajstić information content (AvgIpc) is 3.11. The molecule has 3 heteroatoms. The van der Waals surface area contributed by atoms with Crippen LogP contribution in [-0.2, 0) is 9.53 Å². The SMILES string of the molecule is CC1(OC(=O)C2([SH]3CCCCC3)CCCC2)C2CC3CC(C2)CC1C3. The van der Waals surface area contributed by atoms with Gasteiger partial charge in [0, 0.05) is 0 Å². The number of hydrogen-bond donors (Lipinski definition) is 1. The van der Waals surface area contributed by atoms with Crippen LogP contribution < -0.4 is 0 Å². The van der Waals surface area contributed by atoms with Crippen molar-refractivity contribution >= 4 is 16.9 Å². The van der Waals surface area contributed by atoms with Crippen molar-refractivity contribution in [2.45, 2.75) is 94.3 Å². The first kappa shape index (κ1) is 17.0. The lowest BCUT2D eigenvalue weighted by atomic mass is 9.50. The molecule has 0 aromatic heterocycles. The van der Waals surface area contributed by atoms with Crippen molar-refractivity contribution in [3.05, 3.63) is 0 Å². The third-order valence-corrected chi connectivity index (χ3v) is 12.4. The molecule has 2 nitrogen and oxygen atoms in total. The van der Waals surface area contributed by atoms with Gasteiger partial charge in [0.2, 0.25) is 0 Å². The number of carbonyl (C=O) groups is 1. The summed E-state index contributed by atoms with van der Waals surface area (Å²) in [6.07, 6.45) is 15.7. The minimum Gasteiger partial charge on any atom is -0.458 e. The summed E-state index contributed by atoms with van der Waals surface area (Å²) in [7, 11) is -0.135. The zero-order chi connectivity index (χ0) is 17.1. The number of rotatable bonds is 3. The summed E-state index contributed by atoms with van der Waals surface area (Å²) in [5, 5.41) is 0. The summed E-state index contributed by atoms with van der Waals surface area (Å²) >= 11 is 0. The van der Waals surface area contributed by atoms with Crippen LogP contribution in [0.5, 0.6) is 0 Å². The molecule has 25 heavy (non-hydrogen) atoms. The summed E-state index contributed by atoms with van der Waals surface area (Å²) in [5.41, 5.74) is -0.134. The van der Waals surface area contributed by atoms with Crippen LogP contribution in [0.25, 0.3) is 0 Å². The quantitative estimate of drug-likeness (QED) is 0.547. The van der Waals surface area contributed by atoms with Crippen LogP contribution >= 0.6 is 10.9 Å². The van der Waals surface area contributed by atoms with E-state index in [0.29, 0.717) is 11.8 Å². The van der Waals surface area contributed by atoms with Gasteiger partial charge in [-0.1, -0.05) is 19.3 Å². The predicted octanol–water partition coefficient (Wildman–Crippen LogP) is 5.24. The zero-order valence-electron chi connectivity index (χ0n) is 16.0. The first-order valence-corrected chi connectivity index (χ1v) is 12.8. The molecule has 1 heterocycles. The van der Waals surface area contributed by atoms with E-state index in [9.17, 15) is 4.79 Å². The summed E-state index contributed by atoms with van der Waals surface area (Å²) in [5.74, 6) is 6.12. The van der Waals surface area contributed by atoms with E-state index < -0.39 is 0 Å². The maximum absolute atomic E-state index is 13.7. The number of hydrogen-bond acceptors (Lipinski definition) is 2. The fraction of sp³-hybridized carbons (Fsp3) is 0.955. The van der Waals surface area contributed by atoms with Gasteiger partial charge in [0.05, 0.1) is 4.75 Å². The molecule has 0 aromatic carbocycles. The lowest BCUT2D eigenvalue weighted by Gasteiger charge is -2.59. The van der Waals surface area contributed by atoms with Crippen LogP contribution in [0.1, 0.15) is 84.0 Å². The molecule has 5 aliphatic carbocycles. The summed E-state index contributed by atoms with van der Waals surface area (Å²) < 4.78 is 6.58. The van der Waals surface area contributed by atoms with E-state index in [1.807, 2.05) is 0 Å².